The van der Waals surface area contributed by atoms with E-state index in [1.165, 1.54) is 0 Å². The van der Waals surface area contributed by atoms with E-state index >= 15 is 0 Å². The quantitative estimate of drug-likeness (QED) is 0.199. The monoisotopic (exact) mass is 609 g/mol. The molecule has 0 aliphatic rings. The highest BCUT2D eigenvalue weighted by atomic mass is 16.3. The van der Waals surface area contributed by atoms with Crippen LogP contribution >= 0.6 is 0 Å². The summed E-state index contributed by atoms with van der Waals surface area (Å²) in [7, 11) is 3.60. The molecule has 0 saturated carbocycles. The Balaban J connectivity index is 1.20. The van der Waals surface area contributed by atoms with Crippen LogP contribution in [0, 0.1) is 0 Å². The molecular weight excluding hydrogens is 582 g/mol. The summed E-state index contributed by atoms with van der Waals surface area (Å²) >= 11 is 0. The highest BCUT2D eigenvalue weighted by Crippen LogP contribution is 2.39. The Morgan fingerprint density at radius 1 is 0.532 bits per heavy atom. The van der Waals surface area contributed by atoms with Crippen LogP contribution in [0.3, 0.4) is 0 Å². The van der Waals surface area contributed by atoms with Gasteiger partial charge in [-0.3, -0.25) is 9.13 Å². The second-order valence-corrected chi connectivity index (χ2v) is 11.8. The fourth-order valence-electron chi connectivity index (χ4n) is 6.58. The second-order valence-electron chi connectivity index (χ2n) is 11.8. The van der Waals surface area contributed by atoms with Crippen molar-refractivity contribution in [2.45, 2.75) is 0 Å². The highest BCUT2D eigenvalue weighted by molar-refractivity contribution is 6.18. The number of aryl methyl sites for hydroxylation is 2. The molecule has 0 aliphatic carbocycles. The predicted octanol–water partition coefficient (Wildman–Crippen LogP) is 8.78. The number of benzene rings is 6. The van der Waals surface area contributed by atoms with E-state index in [2.05, 4.69) is 48.5 Å². The van der Waals surface area contributed by atoms with E-state index in [4.69, 9.17) is 19.4 Å². The Kier molecular flexibility index (Phi) is 5.95. The van der Waals surface area contributed by atoms with Crippen LogP contribution in [0.1, 0.15) is 0 Å². The third kappa shape index (κ3) is 4.28. The number of rotatable bonds is 4. The molecular formula is C40H27N5O2. The van der Waals surface area contributed by atoms with Crippen LogP contribution in [0.5, 0.6) is 0 Å². The van der Waals surface area contributed by atoms with Crippen molar-refractivity contribution >= 4 is 43.7 Å². The van der Waals surface area contributed by atoms with Gasteiger partial charge in [0.2, 0.25) is 0 Å². The maximum Gasteiger partial charge on any atom is 0.328 e. The average molecular weight is 610 g/mol. The summed E-state index contributed by atoms with van der Waals surface area (Å²) < 4.78 is 9.81. The SMILES string of the molecule is Cn1c(=O)n(C)c2cc(-c3ccc(-c4nc(-c5ccccc5)nc(-c5cccc6oc7c8ccccc8ccc7c56)n4)cc3)ccc21. The number of hydrogen-bond donors (Lipinski definition) is 0. The van der Waals surface area contributed by atoms with Crippen LogP contribution in [0.2, 0.25) is 0 Å². The van der Waals surface area contributed by atoms with Crippen molar-refractivity contribution in [1.29, 1.82) is 0 Å². The van der Waals surface area contributed by atoms with Gasteiger partial charge in [-0.2, -0.15) is 0 Å². The molecule has 0 radical (unpaired) electrons. The van der Waals surface area contributed by atoms with E-state index in [1.807, 2.05) is 78.9 Å². The predicted molar refractivity (Wildman–Crippen MR) is 188 cm³/mol. The van der Waals surface area contributed by atoms with Crippen LogP contribution in [-0.4, -0.2) is 24.1 Å². The largest absolute Gasteiger partial charge is 0.455 e. The first-order valence-electron chi connectivity index (χ1n) is 15.4. The third-order valence-corrected chi connectivity index (χ3v) is 9.04. The Morgan fingerprint density at radius 3 is 2.00 bits per heavy atom. The molecule has 0 spiro atoms. The van der Waals surface area contributed by atoms with Gasteiger partial charge in [0.25, 0.3) is 0 Å². The first-order chi connectivity index (χ1) is 23.0. The molecule has 0 aliphatic heterocycles. The van der Waals surface area contributed by atoms with Crippen molar-refractivity contribution in [2.24, 2.45) is 14.1 Å². The van der Waals surface area contributed by atoms with Crippen molar-refractivity contribution in [2.75, 3.05) is 0 Å². The maximum absolute atomic E-state index is 12.5. The maximum atomic E-state index is 12.5. The number of aromatic nitrogens is 5. The number of imidazole rings is 1. The molecule has 6 aromatic carbocycles. The highest BCUT2D eigenvalue weighted by Gasteiger charge is 2.19. The number of furan rings is 1. The molecule has 0 N–H and O–H groups in total. The molecule has 3 aromatic heterocycles. The minimum atomic E-state index is -0.0418. The Morgan fingerprint density at radius 2 is 1.19 bits per heavy atom. The lowest BCUT2D eigenvalue weighted by molar-refractivity contribution is 0.672. The Hall–Kier alpha value is -6.34. The first-order valence-corrected chi connectivity index (χ1v) is 15.4. The minimum Gasteiger partial charge on any atom is -0.455 e. The van der Waals surface area contributed by atoms with E-state index in [0.717, 1.165) is 71.6 Å². The van der Waals surface area contributed by atoms with Gasteiger partial charge < -0.3 is 4.42 Å². The summed E-state index contributed by atoms with van der Waals surface area (Å²) in [6.45, 7) is 0. The molecule has 9 aromatic rings. The number of nitrogens with zero attached hydrogens (tertiary/aromatic N) is 5. The van der Waals surface area contributed by atoms with Gasteiger partial charge in [0.1, 0.15) is 11.2 Å². The van der Waals surface area contributed by atoms with Gasteiger partial charge in [-0.25, -0.2) is 19.7 Å². The van der Waals surface area contributed by atoms with E-state index in [0.29, 0.717) is 17.5 Å². The minimum absolute atomic E-state index is 0.0418. The van der Waals surface area contributed by atoms with Gasteiger partial charge in [0, 0.05) is 46.9 Å². The fourth-order valence-corrected chi connectivity index (χ4v) is 6.58. The number of fused-ring (bicyclic) bond motifs is 6. The molecule has 3 heterocycles. The molecule has 9 rings (SSSR count). The molecule has 7 heteroatoms. The van der Waals surface area contributed by atoms with Gasteiger partial charge >= 0.3 is 5.69 Å². The zero-order valence-electron chi connectivity index (χ0n) is 25.7. The summed E-state index contributed by atoms with van der Waals surface area (Å²) in [5, 5.41) is 4.20. The second kappa shape index (κ2) is 10.4. The van der Waals surface area contributed by atoms with E-state index in [-0.39, 0.29) is 5.69 Å². The van der Waals surface area contributed by atoms with Crippen LogP contribution in [-0.2, 0) is 14.1 Å². The zero-order chi connectivity index (χ0) is 31.6. The molecule has 47 heavy (non-hydrogen) atoms. The van der Waals surface area contributed by atoms with Crippen molar-refractivity contribution in [3.8, 4) is 45.3 Å². The topological polar surface area (TPSA) is 78.7 Å². The van der Waals surface area contributed by atoms with Gasteiger partial charge in [-0.15, -0.1) is 0 Å². The average Bonchev–Trinajstić information content (AvgIpc) is 3.62. The van der Waals surface area contributed by atoms with Crippen molar-refractivity contribution in [1.82, 2.24) is 24.1 Å². The molecule has 0 unspecified atom stereocenters. The Labute approximate surface area is 269 Å². The summed E-state index contributed by atoms with van der Waals surface area (Å²) in [4.78, 5) is 27.5. The van der Waals surface area contributed by atoms with Crippen LogP contribution in [0.25, 0.3) is 89.0 Å². The molecule has 7 nitrogen and oxygen atoms in total. The van der Waals surface area contributed by atoms with Gasteiger partial charge in [0.05, 0.1) is 11.0 Å². The number of hydrogen-bond acceptors (Lipinski definition) is 5. The zero-order valence-corrected chi connectivity index (χ0v) is 25.7. The lowest BCUT2D eigenvalue weighted by Gasteiger charge is -2.10. The van der Waals surface area contributed by atoms with Crippen molar-refractivity contribution < 1.29 is 4.42 Å². The van der Waals surface area contributed by atoms with Crippen LogP contribution in [0.4, 0.5) is 0 Å². The lowest BCUT2D eigenvalue weighted by atomic mass is 10.0. The fraction of sp³-hybridized carbons (Fsp3) is 0.0500. The third-order valence-electron chi connectivity index (χ3n) is 9.04. The summed E-state index contributed by atoms with van der Waals surface area (Å²) in [6.07, 6.45) is 0. The van der Waals surface area contributed by atoms with Gasteiger partial charge in [-0.05, 0) is 40.8 Å². The molecule has 0 saturated heterocycles. The summed E-state index contributed by atoms with van der Waals surface area (Å²) in [5.74, 6) is 1.76. The first kappa shape index (κ1) is 27.0. The van der Waals surface area contributed by atoms with Crippen LogP contribution in [0.15, 0.2) is 137 Å². The molecule has 0 amide bonds. The van der Waals surface area contributed by atoms with E-state index < -0.39 is 0 Å². The molecule has 0 atom stereocenters. The van der Waals surface area contributed by atoms with Gasteiger partial charge in [0.15, 0.2) is 17.5 Å². The summed E-state index contributed by atoms with van der Waals surface area (Å²) in [5.41, 5.74) is 8.12. The van der Waals surface area contributed by atoms with Crippen molar-refractivity contribution in [3.05, 3.63) is 138 Å². The normalized spacial score (nSPS) is 11.7. The standard InChI is InChI=1S/C40H27N5O2/c1-44-32-22-20-28(23-33(32)45(2)40(44)46)24-15-17-27(18-16-24)38-41-37(26-10-4-3-5-11-26)42-39(43-38)31-13-8-14-34-35(31)30-21-19-25-9-6-7-12-29(25)36(30)47-34/h3-23H,1-2H3. The Bertz CT molecular complexity index is 2720. The van der Waals surface area contributed by atoms with E-state index in [9.17, 15) is 4.79 Å². The van der Waals surface area contributed by atoms with E-state index in [1.54, 1.807) is 23.2 Å². The smallest absolute Gasteiger partial charge is 0.328 e. The summed E-state index contributed by atoms with van der Waals surface area (Å²) in [6, 6.07) is 42.9. The van der Waals surface area contributed by atoms with Crippen LogP contribution < -0.4 is 5.69 Å². The molecule has 0 fully saturated rings. The van der Waals surface area contributed by atoms with Crippen molar-refractivity contribution in [3.63, 3.8) is 0 Å². The molecule has 224 valence electrons. The molecule has 0 bridgehead atoms. The van der Waals surface area contributed by atoms with Gasteiger partial charge in [-0.1, -0.05) is 103 Å². The lowest BCUT2D eigenvalue weighted by Crippen LogP contribution is -2.19.